The second kappa shape index (κ2) is 9.78. The number of sulfonamides is 1. The molecule has 0 atom stereocenters. The number of methoxy groups -OCH3 is 1. The van der Waals surface area contributed by atoms with Gasteiger partial charge in [0.1, 0.15) is 5.75 Å². The maximum Gasteiger partial charge on any atom is 0.308 e. The molecule has 166 valence electrons. The molecule has 0 spiro atoms. The van der Waals surface area contributed by atoms with Crippen LogP contribution in [-0.2, 0) is 31.4 Å². The van der Waals surface area contributed by atoms with Gasteiger partial charge in [-0.1, -0.05) is 42.5 Å². The number of ether oxygens (including phenoxy) is 1. The molecular formula is C22H25NO6S2. The highest BCUT2D eigenvalue weighted by molar-refractivity contribution is 7.89. The molecule has 7 nitrogen and oxygen atoms in total. The Balaban J connectivity index is 1.86. The molecule has 0 N–H and O–H groups in total. The molecule has 0 unspecified atom stereocenters. The Kier molecular flexibility index (Phi) is 7.32. The standard InChI is InChI=1S/C22H25NO6S2/c1-3-30(24,25)29-21-11-8-18(9-12-21)17-23(14-15-28-2)31(26,27)22-13-10-19-6-4-5-7-20(19)16-22/h4-13,16H,3,14-15,17H2,1-2H3. The highest BCUT2D eigenvalue weighted by Gasteiger charge is 2.25. The van der Waals surface area contributed by atoms with E-state index in [1.54, 1.807) is 30.3 Å². The molecule has 31 heavy (non-hydrogen) atoms. The van der Waals surface area contributed by atoms with Crippen molar-refractivity contribution in [3.05, 3.63) is 72.3 Å². The first-order valence-corrected chi connectivity index (χ1v) is 12.8. The molecule has 0 heterocycles. The van der Waals surface area contributed by atoms with Crippen LogP contribution in [0, 0.1) is 0 Å². The number of benzene rings is 3. The van der Waals surface area contributed by atoms with Crippen molar-refractivity contribution in [2.45, 2.75) is 18.4 Å². The zero-order chi connectivity index (χ0) is 22.5. The molecule has 9 heteroatoms. The zero-order valence-electron chi connectivity index (χ0n) is 17.4. The quantitative estimate of drug-likeness (QED) is 0.428. The third-order valence-corrected chi connectivity index (χ3v) is 7.76. The van der Waals surface area contributed by atoms with Crippen LogP contribution in [0.2, 0.25) is 0 Å². The van der Waals surface area contributed by atoms with Crippen LogP contribution < -0.4 is 4.18 Å². The highest BCUT2D eigenvalue weighted by atomic mass is 32.2. The van der Waals surface area contributed by atoms with Gasteiger partial charge in [0, 0.05) is 20.2 Å². The normalized spacial score (nSPS) is 12.4. The van der Waals surface area contributed by atoms with Crippen molar-refractivity contribution in [3.8, 4) is 5.75 Å². The van der Waals surface area contributed by atoms with Crippen LogP contribution in [0.25, 0.3) is 10.8 Å². The Morgan fingerprint density at radius 2 is 1.55 bits per heavy atom. The second-order valence-electron chi connectivity index (χ2n) is 6.91. The van der Waals surface area contributed by atoms with E-state index in [-0.39, 0.29) is 36.1 Å². The first-order chi connectivity index (χ1) is 14.7. The zero-order valence-corrected chi connectivity index (χ0v) is 19.0. The Morgan fingerprint density at radius 3 is 2.19 bits per heavy atom. The monoisotopic (exact) mass is 463 g/mol. The maximum atomic E-state index is 13.3. The van der Waals surface area contributed by atoms with Crippen molar-refractivity contribution < 1.29 is 25.8 Å². The molecule has 0 saturated heterocycles. The third kappa shape index (κ3) is 5.82. The van der Waals surface area contributed by atoms with Crippen molar-refractivity contribution in [1.29, 1.82) is 0 Å². The van der Waals surface area contributed by atoms with Gasteiger partial charge in [-0.05, 0) is 47.5 Å². The number of hydrogen-bond donors (Lipinski definition) is 0. The summed E-state index contributed by atoms with van der Waals surface area (Å²) in [6, 6.07) is 18.9. The van der Waals surface area contributed by atoms with E-state index in [4.69, 9.17) is 8.92 Å². The summed E-state index contributed by atoms with van der Waals surface area (Å²) >= 11 is 0. The van der Waals surface area contributed by atoms with E-state index < -0.39 is 20.1 Å². The molecular weight excluding hydrogens is 438 g/mol. The van der Waals surface area contributed by atoms with Gasteiger partial charge in [-0.25, -0.2) is 8.42 Å². The third-order valence-electron chi connectivity index (χ3n) is 4.76. The lowest BCUT2D eigenvalue weighted by Crippen LogP contribution is -2.33. The van der Waals surface area contributed by atoms with Gasteiger partial charge >= 0.3 is 10.1 Å². The van der Waals surface area contributed by atoms with Crippen molar-refractivity contribution in [3.63, 3.8) is 0 Å². The first kappa shape index (κ1) is 23.2. The molecule has 0 aliphatic heterocycles. The summed E-state index contributed by atoms with van der Waals surface area (Å²) in [5.74, 6) is 0.0511. The molecule has 0 aliphatic carbocycles. The summed E-state index contributed by atoms with van der Waals surface area (Å²) in [5, 5.41) is 1.80. The van der Waals surface area contributed by atoms with Gasteiger partial charge in [0.2, 0.25) is 10.0 Å². The fourth-order valence-corrected chi connectivity index (χ4v) is 4.98. The van der Waals surface area contributed by atoms with Crippen LogP contribution in [0.4, 0.5) is 0 Å². The van der Waals surface area contributed by atoms with Crippen molar-refractivity contribution in [1.82, 2.24) is 4.31 Å². The summed E-state index contributed by atoms with van der Waals surface area (Å²) in [6.45, 7) is 2.02. The second-order valence-corrected chi connectivity index (χ2v) is 10.7. The van der Waals surface area contributed by atoms with E-state index in [1.165, 1.54) is 30.5 Å². The molecule has 0 fully saturated rings. The lowest BCUT2D eigenvalue weighted by molar-refractivity contribution is 0.177. The molecule has 0 amide bonds. The van der Waals surface area contributed by atoms with Gasteiger partial charge in [0.25, 0.3) is 0 Å². The Hall–Kier alpha value is -2.46. The van der Waals surface area contributed by atoms with Gasteiger partial charge in [-0.15, -0.1) is 0 Å². The fourth-order valence-electron chi connectivity index (χ4n) is 3.01. The van der Waals surface area contributed by atoms with E-state index in [1.807, 2.05) is 24.3 Å². The lowest BCUT2D eigenvalue weighted by atomic mass is 10.1. The van der Waals surface area contributed by atoms with Crippen molar-refractivity contribution in [2.24, 2.45) is 0 Å². The molecule has 3 aromatic rings. The molecule has 0 saturated carbocycles. The van der Waals surface area contributed by atoms with Crippen molar-refractivity contribution >= 4 is 30.9 Å². The average Bonchev–Trinajstić information content (AvgIpc) is 2.77. The first-order valence-electron chi connectivity index (χ1n) is 9.74. The predicted octanol–water partition coefficient (Wildman–Crippen LogP) is 3.41. The number of nitrogens with zero attached hydrogens (tertiary/aromatic N) is 1. The minimum Gasteiger partial charge on any atom is -0.383 e. The Morgan fingerprint density at radius 1 is 0.871 bits per heavy atom. The van der Waals surface area contributed by atoms with Crippen LogP contribution in [0.1, 0.15) is 12.5 Å². The molecule has 0 aliphatic rings. The minimum absolute atomic E-state index is 0.110. The van der Waals surface area contributed by atoms with Crippen LogP contribution in [0.5, 0.6) is 5.75 Å². The van der Waals surface area contributed by atoms with Crippen LogP contribution in [0.3, 0.4) is 0 Å². The molecule has 3 rings (SSSR count). The summed E-state index contributed by atoms with van der Waals surface area (Å²) in [6.07, 6.45) is 0. The molecule has 3 aromatic carbocycles. The summed E-state index contributed by atoms with van der Waals surface area (Å²) in [5.41, 5.74) is 0.696. The van der Waals surface area contributed by atoms with Crippen molar-refractivity contribution in [2.75, 3.05) is 26.0 Å². The van der Waals surface area contributed by atoms with Crippen LogP contribution in [-0.4, -0.2) is 47.2 Å². The SMILES string of the molecule is CCS(=O)(=O)Oc1ccc(CN(CCOC)S(=O)(=O)c2ccc3ccccc3c2)cc1. The lowest BCUT2D eigenvalue weighted by Gasteiger charge is -2.22. The molecule has 0 aromatic heterocycles. The van der Waals surface area contributed by atoms with E-state index in [0.717, 1.165) is 10.8 Å². The maximum absolute atomic E-state index is 13.3. The largest absolute Gasteiger partial charge is 0.383 e. The van der Waals surface area contributed by atoms with Gasteiger partial charge in [-0.3, -0.25) is 0 Å². The average molecular weight is 464 g/mol. The number of rotatable bonds is 10. The molecule has 0 bridgehead atoms. The summed E-state index contributed by atoms with van der Waals surface area (Å²) in [7, 11) is -5.89. The van der Waals surface area contributed by atoms with Gasteiger partial charge in [0.05, 0.1) is 17.3 Å². The number of fused-ring (bicyclic) bond motifs is 1. The summed E-state index contributed by atoms with van der Waals surface area (Å²) < 4.78 is 61.3. The summed E-state index contributed by atoms with van der Waals surface area (Å²) in [4.78, 5) is 0.205. The minimum atomic E-state index is -3.78. The smallest absolute Gasteiger partial charge is 0.308 e. The van der Waals surface area contributed by atoms with E-state index >= 15 is 0 Å². The van der Waals surface area contributed by atoms with Gasteiger partial charge < -0.3 is 8.92 Å². The predicted molar refractivity (Wildman–Crippen MR) is 120 cm³/mol. The Bertz CT molecular complexity index is 1240. The number of hydrogen-bond acceptors (Lipinski definition) is 6. The van der Waals surface area contributed by atoms with Gasteiger partial charge in [0.15, 0.2) is 0 Å². The van der Waals surface area contributed by atoms with E-state index in [2.05, 4.69) is 0 Å². The van der Waals surface area contributed by atoms with Crippen LogP contribution >= 0.6 is 0 Å². The van der Waals surface area contributed by atoms with E-state index in [9.17, 15) is 16.8 Å². The van der Waals surface area contributed by atoms with E-state index in [0.29, 0.717) is 5.56 Å². The fraction of sp³-hybridized carbons (Fsp3) is 0.273. The Labute approximate surface area is 183 Å². The van der Waals surface area contributed by atoms with Crippen LogP contribution in [0.15, 0.2) is 71.6 Å². The molecule has 0 radical (unpaired) electrons. The topological polar surface area (TPSA) is 90.0 Å². The highest BCUT2D eigenvalue weighted by Crippen LogP contribution is 2.24. The van der Waals surface area contributed by atoms with Gasteiger partial charge in [-0.2, -0.15) is 12.7 Å².